The molecule has 4 unspecified atom stereocenters. The van der Waals surface area contributed by atoms with E-state index >= 15 is 0 Å². The molecule has 4 atom stereocenters. The van der Waals surface area contributed by atoms with Crippen molar-refractivity contribution in [1.82, 2.24) is 5.06 Å². The summed E-state index contributed by atoms with van der Waals surface area (Å²) in [5, 5.41) is 20.6. The van der Waals surface area contributed by atoms with Gasteiger partial charge in [-0.2, -0.15) is 5.06 Å². The Morgan fingerprint density at radius 2 is 1.65 bits per heavy atom. The third kappa shape index (κ3) is 2.89. The van der Waals surface area contributed by atoms with Gasteiger partial charge in [-0.3, -0.25) is 24.4 Å². The smallest absolute Gasteiger partial charge is 0.257 e. The number of carbonyl (C=O) groups excluding carboxylic acids is 4. The molecule has 1 aromatic carbocycles. The molecule has 1 heterocycles. The van der Waals surface area contributed by atoms with Crippen molar-refractivity contribution in [1.29, 1.82) is 0 Å². The number of allylic oxidation sites excluding steroid dienone is 6. The number of phenolic OH excluding ortho intramolecular Hbond substituents is 1. The van der Waals surface area contributed by atoms with Gasteiger partial charge in [-0.25, -0.2) is 0 Å². The van der Waals surface area contributed by atoms with Crippen molar-refractivity contribution in [3.8, 4) is 17.2 Å². The Morgan fingerprint density at radius 3 is 2.26 bits per heavy atom. The number of amides is 2. The topological polar surface area (TPSA) is 130 Å². The first kappa shape index (κ1) is 22.1. The van der Waals surface area contributed by atoms with Crippen LogP contribution >= 0.6 is 0 Å². The molecule has 3 aliphatic carbocycles. The van der Waals surface area contributed by atoms with E-state index in [0.717, 1.165) is 5.57 Å². The predicted molar refractivity (Wildman–Crippen MR) is 116 cm³/mol. The average molecular weight is 465 g/mol. The molecule has 2 N–H and O–H groups in total. The number of fused-ring (bicyclic) bond motifs is 3. The minimum Gasteiger partial charge on any atom is -0.502 e. The highest BCUT2D eigenvalue weighted by Gasteiger charge is 2.56. The van der Waals surface area contributed by atoms with Crippen molar-refractivity contribution < 1.29 is 39.0 Å². The zero-order chi connectivity index (χ0) is 24.5. The van der Waals surface area contributed by atoms with E-state index in [0.29, 0.717) is 22.3 Å². The van der Waals surface area contributed by atoms with Crippen LogP contribution in [0, 0.1) is 17.8 Å². The van der Waals surface area contributed by atoms with Crippen LogP contribution in [0.15, 0.2) is 46.6 Å². The molecule has 1 fully saturated rings. The molecule has 0 saturated carbocycles. The van der Waals surface area contributed by atoms with Gasteiger partial charge in [0.2, 0.25) is 5.75 Å². The van der Waals surface area contributed by atoms with Crippen LogP contribution in [-0.2, 0) is 19.2 Å². The van der Waals surface area contributed by atoms with Crippen molar-refractivity contribution in [2.24, 2.45) is 17.8 Å². The highest BCUT2D eigenvalue weighted by molar-refractivity contribution is 6.23. The quantitative estimate of drug-likeness (QED) is 0.301. The number of hydrogen-bond donors (Lipinski definition) is 2. The van der Waals surface area contributed by atoms with Crippen LogP contribution < -0.4 is 9.47 Å². The second-order valence-electron chi connectivity index (χ2n) is 8.99. The number of nitrogens with zero attached hydrogens (tertiary/aromatic N) is 1. The molecule has 9 heteroatoms. The van der Waals surface area contributed by atoms with Gasteiger partial charge in [-0.1, -0.05) is 11.6 Å². The molecule has 2 amide bonds. The lowest BCUT2D eigenvalue weighted by atomic mass is 9.59. The number of methoxy groups -OCH3 is 2. The first-order valence-corrected chi connectivity index (χ1v) is 10.9. The third-order valence-electron chi connectivity index (χ3n) is 7.37. The Balaban J connectivity index is 1.75. The van der Waals surface area contributed by atoms with E-state index in [1.165, 1.54) is 20.3 Å². The number of ketones is 2. The summed E-state index contributed by atoms with van der Waals surface area (Å²) in [6.45, 7) is 1.57. The van der Waals surface area contributed by atoms with Gasteiger partial charge < -0.3 is 14.6 Å². The number of phenols is 1. The Labute approximate surface area is 194 Å². The Morgan fingerprint density at radius 1 is 1.00 bits per heavy atom. The van der Waals surface area contributed by atoms with Crippen molar-refractivity contribution in [2.75, 3.05) is 14.2 Å². The monoisotopic (exact) mass is 465 g/mol. The number of imide groups is 1. The Bertz CT molecular complexity index is 1240. The second-order valence-corrected chi connectivity index (χ2v) is 8.99. The molecule has 1 aromatic rings. The Hall–Kier alpha value is -3.72. The molecular formula is C25H23NO8. The number of hydroxylamine groups is 2. The number of benzene rings is 1. The van der Waals surface area contributed by atoms with E-state index in [1.807, 2.05) is 6.08 Å². The van der Waals surface area contributed by atoms with Gasteiger partial charge in [-0.05, 0) is 49.5 Å². The number of ether oxygens (including phenoxy) is 2. The number of Topliss-reactive ketones (excluding diaryl/α,β-unsaturated/α-hetero) is 1. The summed E-state index contributed by atoms with van der Waals surface area (Å²) >= 11 is 0. The van der Waals surface area contributed by atoms with Gasteiger partial charge in [0, 0.05) is 22.6 Å². The fourth-order valence-electron chi connectivity index (χ4n) is 5.83. The van der Waals surface area contributed by atoms with Crippen LogP contribution in [-0.4, -0.2) is 53.0 Å². The minimum absolute atomic E-state index is 0.119. The maximum absolute atomic E-state index is 13.2. The molecule has 1 saturated heterocycles. The Kier molecular flexibility index (Phi) is 4.98. The van der Waals surface area contributed by atoms with E-state index in [2.05, 4.69) is 0 Å². The van der Waals surface area contributed by atoms with Crippen LogP contribution in [0.1, 0.15) is 31.2 Å². The fraction of sp³-hybridized carbons (Fsp3) is 0.360. The first-order valence-electron chi connectivity index (χ1n) is 10.9. The third-order valence-corrected chi connectivity index (χ3v) is 7.37. The molecule has 34 heavy (non-hydrogen) atoms. The summed E-state index contributed by atoms with van der Waals surface area (Å²) in [6, 6.07) is 3.15. The normalized spacial score (nSPS) is 28.3. The van der Waals surface area contributed by atoms with E-state index in [-0.39, 0.29) is 46.7 Å². The van der Waals surface area contributed by atoms with Gasteiger partial charge in [0.1, 0.15) is 0 Å². The van der Waals surface area contributed by atoms with Crippen LogP contribution in [0.2, 0.25) is 0 Å². The van der Waals surface area contributed by atoms with Gasteiger partial charge >= 0.3 is 0 Å². The second kappa shape index (κ2) is 7.66. The molecule has 176 valence electrons. The molecule has 0 bridgehead atoms. The lowest BCUT2D eigenvalue weighted by molar-refractivity contribution is -0.173. The lowest BCUT2D eigenvalue weighted by Gasteiger charge is -2.42. The molecule has 4 aliphatic rings. The molecule has 0 radical (unpaired) electrons. The van der Waals surface area contributed by atoms with Gasteiger partial charge in [0.25, 0.3) is 11.8 Å². The maximum Gasteiger partial charge on any atom is 0.257 e. The van der Waals surface area contributed by atoms with E-state index in [9.17, 15) is 29.5 Å². The fourth-order valence-corrected chi connectivity index (χ4v) is 5.83. The summed E-state index contributed by atoms with van der Waals surface area (Å²) in [4.78, 5) is 51.7. The average Bonchev–Trinajstić information content (AvgIpc) is 3.05. The number of aromatic hydroxyl groups is 1. The molecule has 5 rings (SSSR count). The van der Waals surface area contributed by atoms with Crippen LogP contribution in [0.25, 0.3) is 0 Å². The predicted octanol–water partition coefficient (Wildman–Crippen LogP) is 2.23. The van der Waals surface area contributed by atoms with E-state index < -0.39 is 35.5 Å². The van der Waals surface area contributed by atoms with Gasteiger partial charge in [0.15, 0.2) is 23.1 Å². The van der Waals surface area contributed by atoms with Crippen molar-refractivity contribution in [3.05, 3.63) is 52.1 Å². The van der Waals surface area contributed by atoms with Gasteiger partial charge in [0.05, 0.1) is 26.1 Å². The van der Waals surface area contributed by atoms with E-state index in [1.54, 1.807) is 19.1 Å². The molecule has 0 spiro atoms. The maximum atomic E-state index is 13.2. The summed E-state index contributed by atoms with van der Waals surface area (Å²) in [6.07, 6.45) is 3.49. The van der Waals surface area contributed by atoms with Crippen LogP contribution in [0.3, 0.4) is 0 Å². The van der Waals surface area contributed by atoms with Gasteiger partial charge in [-0.15, -0.1) is 0 Å². The number of carbonyl (C=O) groups is 4. The van der Waals surface area contributed by atoms with Crippen LogP contribution in [0.5, 0.6) is 17.2 Å². The largest absolute Gasteiger partial charge is 0.502 e. The summed E-state index contributed by atoms with van der Waals surface area (Å²) in [7, 11) is 2.77. The zero-order valence-electron chi connectivity index (χ0n) is 18.8. The first-order chi connectivity index (χ1) is 16.2. The highest BCUT2D eigenvalue weighted by Crippen LogP contribution is 2.56. The SMILES string of the molecule is COc1cc(C2C3=CCC4C(=O)N(O)C(=O)C4C3CC3=C2C(=O)C=C(C)C3=O)cc(OC)c1O. The molecule has 9 nitrogen and oxygen atoms in total. The van der Waals surface area contributed by atoms with Crippen molar-refractivity contribution in [2.45, 2.75) is 25.7 Å². The molecular weight excluding hydrogens is 442 g/mol. The zero-order valence-corrected chi connectivity index (χ0v) is 18.8. The van der Waals surface area contributed by atoms with Crippen molar-refractivity contribution in [3.63, 3.8) is 0 Å². The summed E-state index contributed by atoms with van der Waals surface area (Å²) < 4.78 is 10.6. The van der Waals surface area contributed by atoms with Crippen LogP contribution in [0.4, 0.5) is 0 Å². The summed E-state index contributed by atoms with van der Waals surface area (Å²) in [5.41, 5.74) is 2.19. The lowest BCUT2D eigenvalue weighted by Crippen LogP contribution is -2.39. The number of hydrogen-bond acceptors (Lipinski definition) is 8. The van der Waals surface area contributed by atoms with Crippen molar-refractivity contribution >= 4 is 23.4 Å². The van der Waals surface area contributed by atoms with E-state index in [4.69, 9.17) is 9.47 Å². The minimum atomic E-state index is -0.830. The number of rotatable bonds is 3. The summed E-state index contributed by atoms with van der Waals surface area (Å²) in [5.74, 6) is -4.70. The molecule has 1 aliphatic heterocycles. The molecule has 0 aromatic heterocycles. The standard InChI is InChI=1S/C25H23NO8/c1-10-6-16(27)21-15(22(10)28)9-14-12(4-5-13-20(14)25(31)26(32)24(13)30)19(21)11-7-17(33-2)23(29)18(8-11)34-3/h4,6-8,13-14,19-20,29,32H,5,9H2,1-3H3. The highest BCUT2D eigenvalue weighted by atomic mass is 16.5.